The quantitative estimate of drug-likeness (QED) is 0.598. The van der Waals surface area contributed by atoms with Gasteiger partial charge in [-0.3, -0.25) is 14.9 Å². The maximum absolute atomic E-state index is 12.5. The summed E-state index contributed by atoms with van der Waals surface area (Å²) >= 11 is 0. The van der Waals surface area contributed by atoms with E-state index in [0.29, 0.717) is 17.4 Å². The maximum Gasteiger partial charge on any atom is 0.475 e. The molecule has 0 aliphatic carbocycles. The molecular weight excluding hydrogens is 375 g/mol. The van der Waals surface area contributed by atoms with Crippen LogP contribution in [0, 0.1) is 10.1 Å². The molecule has 2 rings (SSSR count). The summed E-state index contributed by atoms with van der Waals surface area (Å²) in [5.41, 5.74) is -4.81. The van der Waals surface area contributed by atoms with E-state index in [4.69, 9.17) is 0 Å². The number of hydrogen-bond acceptors (Lipinski definition) is 5. The summed E-state index contributed by atoms with van der Waals surface area (Å²) in [5.74, 6) is -0.269. The molecule has 0 saturated carbocycles. The summed E-state index contributed by atoms with van der Waals surface area (Å²) in [4.78, 5) is 20.5. The number of hydrogen-bond donors (Lipinski definition) is 2. The highest BCUT2D eigenvalue weighted by Crippen LogP contribution is 2.33. The molecule has 0 spiro atoms. The fourth-order valence-corrected chi connectivity index (χ4v) is 2.69. The van der Waals surface area contributed by atoms with Crippen LogP contribution >= 0.6 is 0 Å². The van der Waals surface area contributed by atoms with Gasteiger partial charge in [-0.25, -0.2) is 4.21 Å². The molecule has 0 saturated heterocycles. The van der Waals surface area contributed by atoms with Gasteiger partial charge in [-0.1, -0.05) is 0 Å². The Bertz CT molecular complexity index is 869. The summed E-state index contributed by atoms with van der Waals surface area (Å²) in [6.07, 6.45) is 0. The Morgan fingerprint density at radius 2 is 1.69 bits per heavy atom. The molecule has 0 bridgehead atoms. The van der Waals surface area contributed by atoms with Crippen molar-refractivity contribution in [3.63, 3.8) is 0 Å². The molecule has 0 radical (unpaired) electrons. The van der Waals surface area contributed by atoms with Crippen LogP contribution in [0.15, 0.2) is 47.4 Å². The first-order chi connectivity index (χ1) is 12.1. The maximum atomic E-state index is 12.5. The molecule has 1 amide bonds. The summed E-state index contributed by atoms with van der Waals surface area (Å²) in [6.45, 7) is 1.34. The lowest BCUT2D eigenvalue weighted by Gasteiger charge is -2.10. The van der Waals surface area contributed by atoms with Crippen LogP contribution in [-0.4, -0.2) is 20.5 Å². The van der Waals surface area contributed by atoms with Gasteiger partial charge in [0.05, 0.1) is 9.82 Å². The van der Waals surface area contributed by atoms with Gasteiger partial charge in [-0.2, -0.15) is 13.2 Å². The molecule has 0 heterocycles. The number of nitro groups is 1. The van der Waals surface area contributed by atoms with Gasteiger partial charge in [0.2, 0.25) is 5.91 Å². The number of amides is 1. The zero-order chi connectivity index (χ0) is 19.5. The molecule has 26 heavy (non-hydrogen) atoms. The van der Waals surface area contributed by atoms with Crippen molar-refractivity contribution in [2.45, 2.75) is 17.3 Å². The summed E-state index contributed by atoms with van der Waals surface area (Å²) in [6, 6.07) is 8.72. The molecule has 0 aliphatic rings. The van der Waals surface area contributed by atoms with Crippen molar-refractivity contribution in [1.29, 1.82) is 0 Å². The molecule has 0 fully saturated rings. The SMILES string of the molecule is CC(=O)Nc1ccc(Nc2ccc([S@@](=O)C(F)(F)F)cc2[N+](=O)[O-])cc1. The monoisotopic (exact) mass is 387 g/mol. The predicted molar refractivity (Wildman–Crippen MR) is 89.6 cm³/mol. The van der Waals surface area contributed by atoms with Crippen LogP contribution in [0.3, 0.4) is 0 Å². The highest BCUT2D eigenvalue weighted by atomic mass is 32.2. The van der Waals surface area contributed by atoms with E-state index in [1.165, 1.54) is 19.1 Å². The second-order valence-corrected chi connectivity index (χ2v) is 6.51. The number of nitro benzene ring substituents is 1. The van der Waals surface area contributed by atoms with Crippen LogP contribution in [0.1, 0.15) is 6.92 Å². The molecule has 2 aromatic rings. The van der Waals surface area contributed by atoms with Crippen molar-refractivity contribution in [3.8, 4) is 0 Å². The minimum Gasteiger partial charge on any atom is -0.350 e. The topological polar surface area (TPSA) is 101 Å². The predicted octanol–water partition coefficient (Wildman–Crippen LogP) is 3.92. The van der Waals surface area contributed by atoms with E-state index >= 15 is 0 Å². The lowest BCUT2D eigenvalue weighted by Crippen LogP contribution is -2.16. The Hall–Kier alpha value is -2.95. The minimum absolute atomic E-state index is 0.0646. The van der Waals surface area contributed by atoms with Gasteiger partial charge in [0.25, 0.3) is 5.69 Å². The van der Waals surface area contributed by atoms with Crippen LogP contribution in [-0.2, 0) is 15.6 Å². The second kappa shape index (κ2) is 7.52. The van der Waals surface area contributed by atoms with Crippen molar-refractivity contribution < 1.29 is 27.1 Å². The highest BCUT2D eigenvalue weighted by molar-refractivity contribution is 7.86. The van der Waals surface area contributed by atoms with Gasteiger partial charge in [-0.15, -0.1) is 0 Å². The average molecular weight is 387 g/mol. The van der Waals surface area contributed by atoms with E-state index in [-0.39, 0.29) is 11.6 Å². The van der Waals surface area contributed by atoms with Crippen molar-refractivity contribution in [2.24, 2.45) is 0 Å². The first-order valence-corrected chi connectivity index (χ1v) is 8.14. The van der Waals surface area contributed by atoms with E-state index in [9.17, 15) is 32.3 Å². The largest absolute Gasteiger partial charge is 0.475 e. The van der Waals surface area contributed by atoms with Gasteiger partial charge < -0.3 is 10.6 Å². The Morgan fingerprint density at radius 3 is 2.19 bits per heavy atom. The standard InChI is InChI=1S/C15H12F3N3O4S/c1-9(22)19-10-2-4-11(5-3-10)20-13-7-6-12(8-14(13)21(23)24)26(25)15(16,17)18/h2-8,20H,1H3,(H,19,22)/t26-/m1/s1. The zero-order valence-electron chi connectivity index (χ0n) is 13.2. The first-order valence-electron chi connectivity index (χ1n) is 6.99. The highest BCUT2D eigenvalue weighted by Gasteiger charge is 2.38. The van der Waals surface area contributed by atoms with E-state index in [1.54, 1.807) is 12.1 Å². The van der Waals surface area contributed by atoms with E-state index < -0.39 is 31.8 Å². The molecule has 1 atom stereocenters. The number of benzene rings is 2. The van der Waals surface area contributed by atoms with E-state index in [0.717, 1.165) is 12.1 Å². The molecular formula is C15H12F3N3O4S. The molecule has 2 N–H and O–H groups in total. The van der Waals surface area contributed by atoms with Crippen LogP contribution < -0.4 is 10.6 Å². The Morgan fingerprint density at radius 1 is 1.12 bits per heavy atom. The number of alkyl halides is 3. The lowest BCUT2D eigenvalue weighted by molar-refractivity contribution is -0.384. The molecule has 2 aromatic carbocycles. The number of halogens is 3. The van der Waals surface area contributed by atoms with Gasteiger partial charge in [0, 0.05) is 24.4 Å². The third-order valence-electron chi connectivity index (χ3n) is 3.07. The molecule has 0 unspecified atom stereocenters. The summed E-state index contributed by atoms with van der Waals surface area (Å²) in [5, 5.41) is 16.4. The number of carbonyl (C=O) groups is 1. The number of nitrogens with zero attached hydrogens (tertiary/aromatic N) is 1. The summed E-state index contributed by atoms with van der Waals surface area (Å²) in [7, 11) is -3.36. The Labute approximate surface area is 147 Å². The second-order valence-electron chi connectivity index (χ2n) is 5.03. The van der Waals surface area contributed by atoms with Crippen LogP contribution in [0.25, 0.3) is 0 Å². The number of anilines is 3. The summed E-state index contributed by atoms with van der Waals surface area (Å²) < 4.78 is 48.9. The third kappa shape index (κ3) is 4.79. The number of nitrogens with one attached hydrogen (secondary N) is 2. The lowest BCUT2D eigenvalue weighted by atomic mass is 10.2. The van der Waals surface area contributed by atoms with E-state index in [1.807, 2.05) is 0 Å². The fraction of sp³-hybridized carbons (Fsp3) is 0.133. The van der Waals surface area contributed by atoms with Crippen LogP contribution in [0.4, 0.5) is 35.9 Å². The first kappa shape index (κ1) is 19.4. The average Bonchev–Trinajstić information content (AvgIpc) is 2.55. The van der Waals surface area contributed by atoms with Gasteiger partial charge >= 0.3 is 5.51 Å². The Balaban J connectivity index is 2.30. The number of carbonyl (C=O) groups excluding carboxylic acids is 1. The molecule has 0 aliphatic heterocycles. The molecule has 138 valence electrons. The van der Waals surface area contributed by atoms with Crippen molar-refractivity contribution in [3.05, 3.63) is 52.6 Å². The van der Waals surface area contributed by atoms with Crippen molar-refractivity contribution in [2.75, 3.05) is 10.6 Å². The third-order valence-corrected chi connectivity index (χ3v) is 4.18. The molecule has 11 heteroatoms. The smallest absolute Gasteiger partial charge is 0.350 e. The van der Waals surface area contributed by atoms with Gasteiger partial charge in [0.1, 0.15) is 5.69 Å². The van der Waals surface area contributed by atoms with E-state index in [2.05, 4.69) is 10.6 Å². The zero-order valence-corrected chi connectivity index (χ0v) is 14.0. The van der Waals surface area contributed by atoms with Crippen molar-refractivity contribution >= 4 is 39.5 Å². The van der Waals surface area contributed by atoms with Crippen LogP contribution in [0.5, 0.6) is 0 Å². The van der Waals surface area contributed by atoms with Gasteiger partial charge in [0.15, 0.2) is 10.8 Å². The van der Waals surface area contributed by atoms with Crippen molar-refractivity contribution in [1.82, 2.24) is 0 Å². The van der Waals surface area contributed by atoms with Crippen LogP contribution in [0.2, 0.25) is 0 Å². The fourth-order valence-electron chi connectivity index (χ4n) is 2.01. The normalized spacial score (nSPS) is 12.3. The van der Waals surface area contributed by atoms with Gasteiger partial charge in [-0.05, 0) is 36.4 Å². The minimum atomic E-state index is -5.01. The molecule has 0 aromatic heterocycles. The number of rotatable bonds is 5. The molecule has 7 nitrogen and oxygen atoms in total. The Kier molecular flexibility index (Phi) is 5.60.